The van der Waals surface area contributed by atoms with E-state index in [1.165, 1.54) is 16.8 Å². The number of anilines is 1. The highest BCUT2D eigenvalue weighted by Crippen LogP contribution is 2.27. The molecule has 4 aromatic rings. The van der Waals surface area contributed by atoms with Crippen molar-refractivity contribution in [1.82, 2.24) is 14.5 Å². The molecule has 3 heterocycles. The predicted octanol–water partition coefficient (Wildman–Crippen LogP) is 4.52. The number of benzene rings is 1. The van der Waals surface area contributed by atoms with Gasteiger partial charge in [0.2, 0.25) is 11.8 Å². The highest BCUT2D eigenvalue weighted by molar-refractivity contribution is 5.90. The van der Waals surface area contributed by atoms with Crippen LogP contribution in [0.4, 0.5) is 18.9 Å². The first kappa shape index (κ1) is 27.6. The van der Waals surface area contributed by atoms with Crippen molar-refractivity contribution in [2.75, 3.05) is 18.9 Å². The van der Waals surface area contributed by atoms with E-state index in [0.717, 1.165) is 12.3 Å². The van der Waals surface area contributed by atoms with Gasteiger partial charge in [0.15, 0.2) is 5.65 Å². The second kappa shape index (κ2) is 10.7. The highest BCUT2D eigenvalue weighted by atomic mass is 19.4. The van der Waals surface area contributed by atoms with Crippen molar-refractivity contribution in [2.45, 2.75) is 32.7 Å². The first-order chi connectivity index (χ1) is 18.3. The van der Waals surface area contributed by atoms with Crippen LogP contribution in [0.5, 0.6) is 11.8 Å². The lowest BCUT2D eigenvalue weighted by Gasteiger charge is -2.15. The van der Waals surface area contributed by atoms with E-state index in [1.54, 1.807) is 57.2 Å². The number of aliphatic hydroxyl groups is 1. The monoisotopic (exact) mass is 541 g/mol. The molecule has 0 fully saturated rings. The molecule has 12 heteroatoms. The maximum atomic E-state index is 13.9. The summed E-state index contributed by atoms with van der Waals surface area (Å²) in [7, 11) is 0. The standard InChI is InChI=1S/C27H26F3N5O4/c1-4-38-23-9-6-17-12-20(16-5-8-21(31)18(11-16)13-32-15-26(2,3)37)25(36)35(24(17)34-23)19-7-10-22(33-14-19)39-27(28,29)30/h5-14,37H,4,15,31H2,1-3H3. The average molecular weight is 542 g/mol. The molecular formula is C27H26F3N5O4. The number of rotatable bonds is 8. The van der Waals surface area contributed by atoms with Crippen LogP contribution in [0.3, 0.4) is 0 Å². The summed E-state index contributed by atoms with van der Waals surface area (Å²) >= 11 is 0. The van der Waals surface area contributed by atoms with Gasteiger partial charge in [-0.2, -0.15) is 4.98 Å². The predicted molar refractivity (Wildman–Crippen MR) is 142 cm³/mol. The minimum absolute atomic E-state index is 0.147. The molecule has 9 nitrogen and oxygen atoms in total. The van der Waals surface area contributed by atoms with Gasteiger partial charge in [-0.05, 0) is 56.7 Å². The molecule has 0 saturated carbocycles. The molecule has 39 heavy (non-hydrogen) atoms. The summed E-state index contributed by atoms with van der Waals surface area (Å²) in [5.74, 6) is -0.398. The Balaban J connectivity index is 1.88. The second-order valence-corrected chi connectivity index (χ2v) is 9.22. The summed E-state index contributed by atoms with van der Waals surface area (Å²) in [6.45, 7) is 5.53. The van der Waals surface area contributed by atoms with Crippen LogP contribution < -0.4 is 20.8 Å². The summed E-state index contributed by atoms with van der Waals surface area (Å²) in [6.07, 6.45) is -2.29. The normalized spacial score (nSPS) is 12.3. The summed E-state index contributed by atoms with van der Waals surface area (Å²) in [4.78, 5) is 26.3. The van der Waals surface area contributed by atoms with Crippen molar-refractivity contribution in [3.63, 3.8) is 0 Å². The average Bonchev–Trinajstić information content (AvgIpc) is 2.84. The Morgan fingerprint density at radius 1 is 1.10 bits per heavy atom. The van der Waals surface area contributed by atoms with Crippen LogP contribution in [0, 0.1) is 0 Å². The van der Waals surface area contributed by atoms with Gasteiger partial charge in [-0.25, -0.2) is 4.98 Å². The molecule has 0 amide bonds. The number of alkyl halides is 3. The van der Waals surface area contributed by atoms with E-state index < -0.39 is 23.4 Å². The van der Waals surface area contributed by atoms with Crippen molar-refractivity contribution in [2.24, 2.45) is 4.99 Å². The second-order valence-electron chi connectivity index (χ2n) is 9.22. The Morgan fingerprint density at radius 2 is 1.85 bits per heavy atom. The van der Waals surface area contributed by atoms with Crippen LogP contribution in [0.2, 0.25) is 0 Å². The highest BCUT2D eigenvalue weighted by Gasteiger charge is 2.31. The summed E-state index contributed by atoms with van der Waals surface area (Å²) in [5, 5.41) is 10.5. The lowest BCUT2D eigenvalue weighted by Crippen LogP contribution is -2.22. The van der Waals surface area contributed by atoms with Crippen LogP contribution in [-0.2, 0) is 0 Å². The zero-order valence-electron chi connectivity index (χ0n) is 21.4. The van der Waals surface area contributed by atoms with Crippen LogP contribution in [0.25, 0.3) is 27.8 Å². The van der Waals surface area contributed by atoms with Gasteiger partial charge in [-0.15, -0.1) is 13.2 Å². The molecular weight excluding hydrogens is 515 g/mol. The molecule has 0 aliphatic carbocycles. The minimum Gasteiger partial charge on any atom is -0.478 e. The zero-order valence-corrected chi connectivity index (χ0v) is 21.4. The summed E-state index contributed by atoms with van der Waals surface area (Å²) in [5.41, 5.74) is 6.77. The molecule has 0 aliphatic heterocycles. The van der Waals surface area contributed by atoms with Crippen molar-refractivity contribution >= 4 is 22.9 Å². The zero-order chi connectivity index (χ0) is 28.4. The van der Waals surface area contributed by atoms with Crippen LogP contribution >= 0.6 is 0 Å². The van der Waals surface area contributed by atoms with Gasteiger partial charge in [0.25, 0.3) is 5.56 Å². The van der Waals surface area contributed by atoms with E-state index in [4.69, 9.17) is 10.5 Å². The molecule has 1 aromatic carbocycles. The number of nitrogens with two attached hydrogens (primary N) is 1. The number of hydrogen-bond acceptors (Lipinski definition) is 8. The number of hydrogen-bond donors (Lipinski definition) is 2. The molecule has 0 aliphatic rings. The van der Waals surface area contributed by atoms with Gasteiger partial charge in [0.05, 0.1) is 30.6 Å². The number of aromatic nitrogens is 3. The number of nitrogen functional groups attached to an aromatic ring is 1. The number of fused-ring (bicyclic) bond motifs is 1. The van der Waals surface area contributed by atoms with Crippen molar-refractivity contribution in [1.29, 1.82) is 0 Å². The van der Waals surface area contributed by atoms with Gasteiger partial charge in [0.1, 0.15) is 0 Å². The van der Waals surface area contributed by atoms with E-state index in [2.05, 4.69) is 19.7 Å². The molecule has 0 spiro atoms. The number of aliphatic imine (C=N–C) groups is 1. The molecule has 0 unspecified atom stereocenters. The Morgan fingerprint density at radius 3 is 2.49 bits per heavy atom. The molecule has 0 radical (unpaired) electrons. The van der Waals surface area contributed by atoms with E-state index in [1.807, 2.05) is 0 Å². The fourth-order valence-corrected chi connectivity index (χ4v) is 3.75. The molecule has 0 atom stereocenters. The van der Waals surface area contributed by atoms with Crippen molar-refractivity contribution in [3.05, 3.63) is 70.6 Å². The topological polar surface area (TPSA) is 125 Å². The van der Waals surface area contributed by atoms with E-state index in [9.17, 15) is 23.1 Å². The molecule has 0 saturated heterocycles. The molecule has 0 bridgehead atoms. The largest absolute Gasteiger partial charge is 0.574 e. The minimum atomic E-state index is -4.91. The lowest BCUT2D eigenvalue weighted by atomic mass is 10.0. The van der Waals surface area contributed by atoms with Crippen molar-refractivity contribution in [3.8, 4) is 28.6 Å². The van der Waals surface area contributed by atoms with Crippen molar-refractivity contribution < 1.29 is 27.8 Å². The third kappa shape index (κ3) is 6.71. The third-order valence-electron chi connectivity index (χ3n) is 5.42. The Bertz CT molecular complexity index is 1580. The number of pyridine rings is 3. The van der Waals surface area contributed by atoms with Gasteiger partial charge in [-0.1, -0.05) is 6.07 Å². The Kier molecular flexibility index (Phi) is 7.59. The molecule has 204 valence electrons. The number of halogens is 3. The SMILES string of the molecule is CCOc1ccc2cc(-c3ccc(N)c(C=NCC(C)(C)O)c3)c(=O)n(-c3ccc(OC(F)(F)F)nc3)c2n1. The van der Waals surface area contributed by atoms with Crippen LogP contribution in [-0.4, -0.2) is 51.0 Å². The number of nitrogens with zero attached hydrogens (tertiary/aromatic N) is 4. The fraction of sp³-hybridized carbons (Fsp3) is 0.259. The van der Waals surface area contributed by atoms with Gasteiger partial charge in [-0.3, -0.25) is 14.4 Å². The fourth-order valence-electron chi connectivity index (χ4n) is 3.75. The van der Waals surface area contributed by atoms with Crippen LogP contribution in [0.15, 0.2) is 64.5 Å². The summed E-state index contributed by atoms with van der Waals surface area (Å²) in [6, 6.07) is 12.3. The Hall–Kier alpha value is -4.45. The molecule has 3 aromatic heterocycles. The third-order valence-corrected chi connectivity index (χ3v) is 5.42. The number of ether oxygens (including phenoxy) is 2. The first-order valence-electron chi connectivity index (χ1n) is 11.9. The lowest BCUT2D eigenvalue weighted by molar-refractivity contribution is -0.276. The smallest absolute Gasteiger partial charge is 0.478 e. The van der Waals surface area contributed by atoms with E-state index in [-0.39, 0.29) is 29.3 Å². The van der Waals surface area contributed by atoms with Gasteiger partial charge in [0, 0.05) is 40.5 Å². The van der Waals surface area contributed by atoms with Crippen LogP contribution in [0.1, 0.15) is 26.3 Å². The maximum absolute atomic E-state index is 13.9. The molecule has 4 rings (SSSR count). The molecule has 3 N–H and O–H groups in total. The maximum Gasteiger partial charge on any atom is 0.574 e. The van der Waals surface area contributed by atoms with E-state index in [0.29, 0.717) is 28.8 Å². The quantitative estimate of drug-likeness (QED) is 0.248. The van der Waals surface area contributed by atoms with E-state index >= 15 is 0 Å². The van der Waals surface area contributed by atoms with Gasteiger partial charge >= 0.3 is 6.36 Å². The first-order valence-corrected chi connectivity index (χ1v) is 11.9. The Labute approximate surface area is 221 Å². The van der Waals surface area contributed by atoms with Gasteiger partial charge < -0.3 is 20.3 Å². The summed E-state index contributed by atoms with van der Waals surface area (Å²) < 4.78 is 48.5.